The fraction of sp³-hybridized carbons (Fsp3) is 0.125. The van der Waals surface area contributed by atoms with Crippen molar-refractivity contribution in [1.29, 1.82) is 0 Å². The van der Waals surface area contributed by atoms with Crippen molar-refractivity contribution >= 4 is 22.8 Å². The number of fused-ring (bicyclic) bond motifs is 1. The van der Waals surface area contributed by atoms with E-state index in [4.69, 9.17) is 0 Å². The summed E-state index contributed by atoms with van der Waals surface area (Å²) in [7, 11) is 0. The number of hydrogen-bond acceptors (Lipinski definition) is 3. The third-order valence-electron chi connectivity index (χ3n) is 1.60. The molecule has 0 saturated carbocycles. The Kier molecular flexibility index (Phi) is 1.70. The van der Waals surface area contributed by atoms with Crippen LogP contribution in [0, 0.1) is 0 Å². The Morgan fingerprint density at radius 3 is 3.15 bits per heavy atom. The quantitative estimate of drug-likeness (QED) is 0.678. The van der Waals surface area contributed by atoms with Crippen molar-refractivity contribution in [3.63, 3.8) is 0 Å². The zero-order chi connectivity index (χ0) is 9.26. The standard InChI is InChI=1S/C8H8N4O/c1-5(13)10-7-3-2-6-4-9-12-8(6)11-7/h2-4H,1H3,(H2,9,10,11,12,13). The summed E-state index contributed by atoms with van der Waals surface area (Å²) in [5.74, 6) is 0.399. The van der Waals surface area contributed by atoms with Crippen LogP contribution in [0.4, 0.5) is 5.82 Å². The summed E-state index contributed by atoms with van der Waals surface area (Å²) >= 11 is 0. The zero-order valence-electron chi connectivity index (χ0n) is 7.03. The molecule has 0 aliphatic heterocycles. The Morgan fingerprint density at radius 1 is 1.54 bits per heavy atom. The maximum Gasteiger partial charge on any atom is 0.222 e. The maximum absolute atomic E-state index is 10.7. The molecule has 5 heteroatoms. The van der Waals surface area contributed by atoms with Gasteiger partial charge in [0.2, 0.25) is 5.91 Å². The second-order valence-electron chi connectivity index (χ2n) is 2.69. The summed E-state index contributed by atoms with van der Waals surface area (Å²) in [6, 6.07) is 3.58. The lowest BCUT2D eigenvalue weighted by molar-refractivity contribution is -0.114. The normalized spacial score (nSPS) is 10.2. The first kappa shape index (κ1) is 7.72. The van der Waals surface area contributed by atoms with Gasteiger partial charge in [0.15, 0.2) is 5.65 Å². The lowest BCUT2D eigenvalue weighted by Crippen LogP contribution is -2.06. The van der Waals surface area contributed by atoms with E-state index in [0.29, 0.717) is 11.5 Å². The molecule has 13 heavy (non-hydrogen) atoms. The molecule has 66 valence electrons. The van der Waals surface area contributed by atoms with Gasteiger partial charge in [0.25, 0.3) is 0 Å². The topological polar surface area (TPSA) is 70.7 Å². The molecule has 2 aromatic rings. The highest BCUT2D eigenvalue weighted by Gasteiger charge is 2.00. The van der Waals surface area contributed by atoms with Crippen LogP contribution in [-0.4, -0.2) is 21.1 Å². The van der Waals surface area contributed by atoms with E-state index in [1.165, 1.54) is 6.92 Å². The molecule has 0 aliphatic carbocycles. The molecule has 2 rings (SSSR count). The van der Waals surface area contributed by atoms with E-state index < -0.39 is 0 Å². The van der Waals surface area contributed by atoms with Crippen LogP contribution in [0.1, 0.15) is 6.92 Å². The monoisotopic (exact) mass is 176 g/mol. The van der Waals surface area contributed by atoms with Crippen LogP contribution in [0.5, 0.6) is 0 Å². The molecule has 1 amide bonds. The Labute approximate surface area is 74.2 Å². The van der Waals surface area contributed by atoms with Gasteiger partial charge in [0, 0.05) is 12.3 Å². The third kappa shape index (κ3) is 1.48. The van der Waals surface area contributed by atoms with Crippen LogP contribution < -0.4 is 5.32 Å². The van der Waals surface area contributed by atoms with E-state index >= 15 is 0 Å². The van der Waals surface area contributed by atoms with E-state index in [1.54, 1.807) is 12.3 Å². The van der Waals surface area contributed by atoms with Gasteiger partial charge in [0.1, 0.15) is 5.82 Å². The molecular formula is C8H8N4O. The second kappa shape index (κ2) is 2.85. The summed E-state index contributed by atoms with van der Waals surface area (Å²) in [5.41, 5.74) is 0.672. The van der Waals surface area contributed by atoms with Gasteiger partial charge in [-0.3, -0.25) is 9.89 Å². The first-order chi connectivity index (χ1) is 6.25. The summed E-state index contributed by atoms with van der Waals surface area (Å²) in [4.78, 5) is 14.8. The number of aromatic amines is 1. The summed E-state index contributed by atoms with van der Waals surface area (Å²) in [6.45, 7) is 1.44. The second-order valence-corrected chi connectivity index (χ2v) is 2.69. The summed E-state index contributed by atoms with van der Waals surface area (Å²) < 4.78 is 0. The number of nitrogens with zero attached hydrogens (tertiary/aromatic N) is 2. The van der Waals surface area contributed by atoms with E-state index in [-0.39, 0.29) is 5.91 Å². The highest BCUT2D eigenvalue weighted by Crippen LogP contribution is 2.11. The predicted molar refractivity (Wildman–Crippen MR) is 48.2 cm³/mol. The number of hydrogen-bond donors (Lipinski definition) is 2. The average Bonchev–Trinajstić information content (AvgIpc) is 2.49. The van der Waals surface area contributed by atoms with E-state index in [2.05, 4.69) is 20.5 Å². The molecule has 0 aromatic carbocycles. The van der Waals surface area contributed by atoms with Crippen molar-refractivity contribution in [3.8, 4) is 0 Å². The fourth-order valence-corrected chi connectivity index (χ4v) is 1.08. The number of rotatable bonds is 1. The molecule has 0 fully saturated rings. The molecular weight excluding hydrogens is 168 g/mol. The minimum Gasteiger partial charge on any atom is -0.311 e. The number of carbonyl (C=O) groups excluding carboxylic acids is 1. The highest BCUT2D eigenvalue weighted by molar-refractivity contribution is 5.89. The van der Waals surface area contributed by atoms with Crippen molar-refractivity contribution in [2.75, 3.05) is 5.32 Å². The summed E-state index contributed by atoms with van der Waals surface area (Å²) in [5, 5.41) is 10.1. The van der Waals surface area contributed by atoms with E-state index in [1.807, 2.05) is 6.07 Å². The molecule has 0 spiro atoms. The number of aromatic nitrogens is 3. The number of anilines is 1. The van der Waals surface area contributed by atoms with Gasteiger partial charge in [-0.1, -0.05) is 0 Å². The summed E-state index contributed by atoms with van der Waals surface area (Å²) in [6.07, 6.45) is 1.68. The van der Waals surface area contributed by atoms with Gasteiger partial charge >= 0.3 is 0 Å². The molecule has 2 N–H and O–H groups in total. The fourth-order valence-electron chi connectivity index (χ4n) is 1.08. The number of amides is 1. The van der Waals surface area contributed by atoms with Crippen LogP contribution in [0.15, 0.2) is 18.3 Å². The molecule has 0 atom stereocenters. The van der Waals surface area contributed by atoms with Gasteiger partial charge in [-0.25, -0.2) is 4.98 Å². The van der Waals surface area contributed by atoms with Gasteiger partial charge < -0.3 is 5.32 Å². The number of carbonyl (C=O) groups is 1. The first-order valence-corrected chi connectivity index (χ1v) is 3.83. The first-order valence-electron chi connectivity index (χ1n) is 3.83. The Hall–Kier alpha value is -1.91. The molecule has 5 nitrogen and oxygen atoms in total. The van der Waals surface area contributed by atoms with Crippen LogP contribution in [0.3, 0.4) is 0 Å². The van der Waals surface area contributed by atoms with Crippen LogP contribution in [0.25, 0.3) is 11.0 Å². The Bertz CT molecular complexity index is 448. The Morgan fingerprint density at radius 2 is 2.38 bits per heavy atom. The molecule has 0 unspecified atom stereocenters. The molecule has 0 aliphatic rings. The predicted octanol–water partition coefficient (Wildman–Crippen LogP) is 0.916. The van der Waals surface area contributed by atoms with E-state index in [0.717, 1.165) is 5.39 Å². The average molecular weight is 176 g/mol. The molecule has 0 bridgehead atoms. The largest absolute Gasteiger partial charge is 0.311 e. The maximum atomic E-state index is 10.7. The van der Waals surface area contributed by atoms with Crippen LogP contribution in [0.2, 0.25) is 0 Å². The van der Waals surface area contributed by atoms with Crippen molar-refractivity contribution in [2.45, 2.75) is 6.92 Å². The van der Waals surface area contributed by atoms with Crippen molar-refractivity contribution in [3.05, 3.63) is 18.3 Å². The van der Waals surface area contributed by atoms with Gasteiger partial charge in [-0.15, -0.1) is 0 Å². The van der Waals surface area contributed by atoms with Crippen molar-refractivity contribution in [1.82, 2.24) is 15.2 Å². The minimum absolute atomic E-state index is 0.133. The van der Waals surface area contributed by atoms with Gasteiger partial charge in [-0.05, 0) is 12.1 Å². The molecule has 2 aromatic heterocycles. The van der Waals surface area contributed by atoms with Gasteiger partial charge in [-0.2, -0.15) is 5.10 Å². The smallest absolute Gasteiger partial charge is 0.222 e. The highest BCUT2D eigenvalue weighted by atomic mass is 16.1. The molecule has 0 saturated heterocycles. The lowest BCUT2D eigenvalue weighted by Gasteiger charge is -1.98. The van der Waals surface area contributed by atoms with Gasteiger partial charge in [0.05, 0.1) is 6.20 Å². The minimum atomic E-state index is -0.133. The molecule has 2 heterocycles. The van der Waals surface area contributed by atoms with E-state index in [9.17, 15) is 4.79 Å². The molecule has 0 radical (unpaired) electrons. The number of nitrogens with one attached hydrogen (secondary N) is 2. The third-order valence-corrected chi connectivity index (χ3v) is 1.60. The van der Waals surface area contributed by atoms with Crippen molar-refractivity contribution < 1.29 is 4.79 Å². The number of H-pyrrole nitrogens is 1. The van der Waals surface area contributed by atoms with Crippen molar-refractivity contribution in [2.24, 2.45) is 0 Å². The Balaban J connectivity index is 2.42. The van der Waals surface area contributed by atoms with Crippen LogP contribution >= 0.6 is 0 Å². The zero-order valence-corrected chi connectivity index (χ0v) is 7.03. The SMILES string of the molecule is CC(=O)Nc1ccc2cn[nH]c2n1. The van der Waals surface area contributed by atoms with Crippen LogP contribution in [-0.2, 0) is 4.79 Å². The number of pyridine rings is 1. The lowest BCUT2D eigenvalue weighted by atomic mass is 10.3.